The van der Waals surface area contributed by atoms with E-state index < -0.39 is 5.89 Å². The van der Waals surface area contributed by atoms with E-state index in [0.29, 0.717) is 0 Å². The van der Waals surface area contributed by atoms with E-state index in [0.717, 1.165) is 29.5 Å². The molecule has 0 spiro atoms. The fourth-order valence-corrected chi connectivity index (χ4v) is 2.33. The van der Waals surface area contributed by atoms with Gasteiger partial charge in [0.1, 0.15) is 0 Å². The molecule has 1 fully saturated rings. The molecule has 1 saturated carbocycles. The van der Waals surface area contributed by atoms with Gasteiger partial charge in [-0.05, 0) is 47.7 Å². The zero-order valence-electron chi connectivity index (χ0n) is 9.46. The summed E-state index contributed by atoms with van der Waals surface area (Å²) in [6.07, 6.45) is 1.42. The lowest BCUT2D eigenvalue weighted by Gasteiger charge is -2.17. The summed E-state index contributed by atoms with van der Waals surface area (Å²) in [6.45, 7) is 0.0131. The summed E-state index contributed by atoms with van der Waals surface area (Å²) in [5.41, 5.74) is 3.00. The van der Waals surface area contributed by atoms with Crippen LogP contribution < -0.4 is 0 Å². The van der Waals surface area contributed by atoms with Crippen molar-refractivity contribution in [2.45, 2.75) is 31.7 Å². The molecule has 2 aliphatic carbocycles. The zero-order chi connectivity index (χ0) is 10.6. The largest absolute Gasteiger partial charge is 0.392 e. The number of hydrogen-bond acceptors (Lipinski definition) is 1. The van der Waals surface area contributed by atoms with Gasteiger partial charge in [0.05, 0.1) is 6.61 Å². The molecule has 0 aliphatic heterocycles. The first-order chi connectivity index (χ1) is 7.16. The van der Waals surface area contributed by atoms with Crippen LogP contribution in [-0.2, 0) is 13.0 Å². The molecule has 3 rings (SSSR count). The summed E-state index contributed by atoms with van der Waals surface area (Å²) in [6, 6.07) is 5.82. The van der Waals surface area contributed by atoms with Crippen LogP contribution in [0.25, 0.3) is 0 Å². The lowest BCUT2D eigenvalue weighted by molar-refractivity contribution is 0.280. The second-order valence-corrected chi connectivity index (χ2v) is 3.89. The Labute approximate surface area is 81.2 Å². The number of aliphatic hydroxyl groups is 1. The van der Waals surface area contributed by atoms with Crippen molar-refractivity contribution in [2.24, 2.45) is 5.92 Å². The molecule has 1 nitrogen and oxygen atoms in total. The smallest absolute Gasteiger partial charge is 0.0684 e. The molecular formula is C12H14O. The first kappa shape index (κ1) is 5.82. The fraction of sp³-hybridized carbons (Fsp3) is 0.500. The van der Waals surface area contributed by atoms with E-state index in [1.54, 1.807) is 0 Å². The van der Waals surface area contributed by atoms with E-state index in [-0.39, 0.29) is 18.9 Å². The highest BCUT2D eigenvalue weighted by molar-refractivity contribution is 5.43. The van der Waals surface area contributed by atoms with Crippen LogP contribution in [0.4, 0.5) is 0 Å². The molecule has 0 heterocycles. The van der Waals surface area contributed by atoms with E-state index in [4.69, 9.17) is 2.74 Å². The monoisotopic (exact) mass is 176 g/mol. The Morgan fingerprint density at radius 3 is 3.38 bits per heavy atom. The number of rotatable bonds is 1. The zero-order valence-corrected chi connectivity index (χ0v) is 7.46. The summed E-state index contributed by atoms with van der Waals surface area (Å²) in [4.78, 5) is 0. The standard InChI is InChI=1S/C12H14O/c13-7-10-3-1-2-8-4-5-9-6-11(9)12(8)10/h1-3,9,11,13H,4-7H2/i5D,11D. The van der Waals surface area contributed by atoms with Crippen molar-refractivity contribution in [1.29, 1.82) is 0 Å². The lowest BCUT2D eigenvalue weighted by Crippen LogP contribution is -2.05. The van der Waals surface area contributed by atoms with Gasteiger partial charge in [0, 0.05) is 2.74 Å². The average molecular weight is 176 g/mol. The lowest BCUT2D eigenvalue weighted by atomic mass is 9.88. The summed E-state index contributed by atoms with van der Waals surface area (Å²) >= 11 is 0. The number of aryl methyl sites for hydroxylation is 1. The Bertz CT molecular complexity index is 418. The van der Waals surface area contributed by atoms with E-state index in [9.17, 15) is 5.11 Å². The molecule has 0 saturated heterocycles. The Kier molecular flexibility index (Phi) is 1.16. The summed E-state index contributed by atoms with van der Waals surface area (Å²) in [7, 11) is 0. The first-order valence-corrected chi connectivity index (χ1v) is 4.81. The summed E-state index contributed by atoms with van der Waals surface area (Å²) in [5, 5.41) is 9.28. The van der Waals surface area contributed by atoms with Crippen molar-refractivity contribution in [2.75, 3.05) is 0 Å². The van der Waals surface area contributed by atoms with Crippen molar-refractivity contribution < 1.29 is 7.85 Å². The van der Waals surface area contributed by atoms with Gasteiger partial charge in [0.25, 0.3) is 0 Å². The molecule has 0 amide bonds. The van der Waals surface area contributed by atoms with Crippen LogP contribution in [0.1, 0.15) is 38.1 Å². The third kappa shape index (κ3) is 1.03. The minimum absolute atomic E-state index is 0.0131. The van der Waals surface area contributed by atoms with Gasteiger partial charge in [-0.1, -0.05) is 18.2 Å². The Balaban J connectivity index is 2.18. The van der Waals surface area contributed by atoms with Crippen LogP contribution in [0.15, 0.2) is 18.2 Å². The third-order valence-corrected chi connectivity index (χ3v) is 3.08. The molecule has 2 aliphatic rings. The highest BCUT2D eigenvalue weighted by atomic mass is 16.3. The van der Waals surface area contributed by atoms with Gasteiger partial charge < -0.3 is 5.11 Å². The summed E-state index contributed by atoms with van der Waals surface area (Å²) < 4.78 is 16.2. The van der Waals surface area contributed by atoms with Crippen LogP contribution in [0.2, 0.25) is 0 Å². The maximum Gasteiger partial charge on any atom is 0.0684 e. The predicted molar refractivity (Wildman–Crippen MR) is 51.5 cm³/mol. The van der Waals surface area contributed by atoms with Crippen molar-refractivity contribution in [1.82, 2.24) is 0 Å². The Hall–Kier alpha value is -0.820. The highest BCUT2D eigenvalue weighted by Crippen LogP contribution is 2.55. The molecule has 3 unspecified atom stereocenters. The number of fused-ring (bicyclic) bond motifs is 3. The van der Waals surface area contributed by atoms with Crippen LogP contribution in [0, 0.1) is 5.92 Å². The molecule has 13 heavy (non-hydrogen) atoms. The first-order valence-electron chi connectivity index (χ1n) is 5.89. The quantitative estimate of drug-likeness (QED) is 0.695. The van der Waals surface area contributed by atoms with E-state index in [1.807, 2.05) is 18.2 Å². The van der Waals surface area contributed by atoms with Gasteiger partial charge in [-0.15, -0.1) is 0 Å². The van der Waals surface area contributed by atoms with Crippen LogP contribution in [0.5, 0.6) is 0 Å². The molecule has 3 atom stereocenters. The highest BCUT2D eigenvalue weighted by Gasteiger charge is 2.42. The van der Waals surface area contributed by atoms with Gasteiger partial charge in [0.2, 0.25) is 0 Å². The maximum atomic E-state index is 9.28. The molecule has 1 N–H and O–H groups in total. The Morgan fingerprint density at radius 2 is 2.54 bits per heavy atom. The molecule has 0 radical (unpaired) electrons. The fourth-order valence-electron chi connectivity index (χ4n) is 2.33. The topological polar surface area (TPSA) is 20.2 Å². The number of aliphatic hydroxyl groups excluding tert-OH is 1. The minimum atomic E-state index is -0.556. The van der Waals surface area contributed by atoms with Gasteiger partial charge in [-0.3, -0.25) is 0 Å². The minimum Gasteiger partial charge on any atom is -0.392 e. The average Bonchev–Trinajstić information content (AvgIpc) is 2.92. The molecule has 1 aromatic carbocycles. The van der Waals surface area contributed by atoms with Crippen molar-refractivity contribution in [3.63, 3.8) is 0 Å². The molecule has 0 aromatic heterocycles. The van der Waals surface area contributed by atoms with Gasteiger partial charge in [0.15, 0.2) is 0 Å². The molecular weight excluding hydrogens is 160 g/mol. The predicted octanol–water partition coefficient (Wildman–Crippen LogP) is 2.23. The van der Waals surface area contributed by atoms with Crippen LogP contribution >= 0.6 is 0 Å². The molecule has 0 bridgehead atoms. The van der Waals surface area contributed by atoms with Gasteiger partial charge in [-0.25, -0.2) is 0 Å². The second kappa shape index (κ2) is 2.58. The van der Waals surface area contributed by atoms with Crippen molar-refractivity contribution in [3.05, 3.63) is 34.9 Å². The van der Waals surface area contributed by atoms with Crippen molar-refractivity contribution in [3.8, 4) is 0 Å². The molecule has 1 heteroatoms. The summed E-state index contributed by atoms with van der Waals surface area (Å²) in [5.74, 6) is -0.364. The molecule has 68 valence electrons. The molecule has 1 aromatic rings. The van der Waals surface area contributed by atoms with Crippen molar-refractivity contribution >= 4 is 0 Å². The van der Waals surface area contributed by atoms with Gasteiger partial charge in [-0.2, -0.15) is 0 Å². The SMILES string of the molecule is [2H]C1Cc2cccc(CO)c2C2([2H])CC12. The van der Waals surface area contributed by atoms with E-state index in [2.05, 4.69) is 0 Å². The van der Waals surface area contributed by atoms with Crippen LogP contribution in [-0.4, -0.2) is 5.11 Å². The van der Waals surface area contributed by atoms with E-state index >= 15 is 0 Å². The number of hydrogen-bond donors (Lipinski definition) is 1. The second-order valence-electron chi connectivity index (χ2n) is 3.89. The number of benzene rings is 1. The van der Waals surface area contributed by atoms with E-state index in [1.165, 1.54) is 0 Å². The normalized spacial score (nSPS) is 42.8. The van der Waals surface area contributed by atoms with Gasteiger partial charge >= 0.3 is 0 Å². The maximum absolute atomic E-state index is 9.28. The third-order valence-electron chi connectivity index (χ3n) is 3.08. The Morgan fingerprint density at radius 1 is 1.62 bits per heavy atom. The van der Waals surface area contributed by atoms with Crippen LogP contribution in [0.3, 0.4) is 0 Å².